The van der Waals surface area contributed by atoms with Crippen LogP contribution < -0.4 is 5.32 Å². The number of hydrogen-bond donors (Lipinski definition) is 1. The number of carbonyl (C=O) groups excluding carboxylic acids is 1. The Labute approximate surface area is 151 Å². The van der Waals surface area contributed by atoms with E-state index in [9.17, 15) is 4.79 Å². The van der Waals surface area contributed by atoms with Crippen LogP contribution in [-0.2, 0) is 11.2 Å². The largest absolute Gasteiger partial charge is 0.376 e. The van der Waals surface area contributed by atoms with E-state index in [0.717, 1.165) is 25.0 Å². The second-order valence-electron chi connectivity index (χ2n) is 6.02. The molecule has 0 unspecified atom stereocenters. The van der Waals surface area contributed by atoms with Crippen LogP contribution in [0.1, 0.15) is 18.7 Å². The molecule has 3 rings (SSSR count). The van der Waals surface area contributed by atoms with Gasteiger partial charge < -0.3 is 19.5 Å². The van der Waals surface area contributed by atoms with Crippen LogP contribution in [-0.4, -0.2) is 53.9 Å². The maximum absolute atomic E-state index is 12.1. The Morgan fingerprint density at radius 2 is 2.20 bits per heavy atom. The summed E-state index contributed by atoms with van der Waals surface area (Å²) in [5, 5.41) is 7.45. The molecule has 25 heavy (non-hydrogen) atoms. The summed E-state index contributed by atoms with van der Waals surface area (Å²) >= 11 is 5.87. The summed E-state index contributed by atoms with van der Waals surface area (Å²) in [5.41, 5.74) is 0.833. The minimum Gasteiger partial charge on any atom is -0.376 e. The normalized spacial score (nSPS) is 16.8. The van der Waals surface area contributed by atoms with Gasteiger partial charge in [-0.15, -0.1) is 0 Å². The van der Waals surface area contributed by atoms with Gasteiger partial charge in [0.15, 0.2) is 0 Å². The van der Waals surface area contributed by atoms with Gasteiger partial charge in [0.1, 0.15) is 0 Å². The number of benzene rings is 1. The van der Waals surface area contributed by atoms with Crippen molar-refractivity contribution in [1.29, 1.82) is 0 Å². The molecule has 0 aliphatic carbocycles. The Bertz CT molecular complexity index is 698. The van der Waals surface area contributed by atoms with Crippen molar-refractivity contribution in [2.24, 2.45) is 0 Å². The van der Waals surface area contributed by atoms with E-state index >= 15 is 0 Å². The van der Waals surface area contributed by atoms with Gasteiger partial charge in [-0.2, -0.15) is 4.98 Å². The number of halogens is 1. The number of nitrogens with one attached hydrogen (secondary N) is 1. The molecule has 0 bridgehead atoms. The highest BCUT2D eigenvalue weighted by Gasteiger charge is 2.20. The van der Waals surface area contributed by atoms with Gasteiger partial charge in [-0.05, 0) is 37.1 Å². The highest BCUT2D eigenvalue weighted by Crippen LogP contribution is 2.18. The lowest BCUT2D eigenvalue weighted by atomic mass is 10.2. The standard InChI is InChI=1S/C17H21ClN4O3/c1-22(11-14-3-2-10-24-14)17(23)19-9-8-15-20-16(21-25-15)12-4-6-13(18)7-5-12/h4-7,14H,2-3,8-11H2,1H3,(H,19,23)/t14-/m0/s1. The molecule has 8 heteroatoms. The van der Waals surface area contributed by atoms with Gasteiger partial charge in [0.05, 0.1) is 6.10 Å². The van der Waals surface area contributed by atoms with Gasteiger partial charge in [0.25, 0.3) is 0 Å². The van der Waals surface area contributed by atoms with Crippen molar-refractivity contribution < 1.29 is 14.1 Å². The molecule has 1 aliphatic rings. The minimum absolute atomic E-state index is 0.132. The summed E-state index contributed by atoms with van der Waals surface area (Å²) in [6.07, 6.45) is 2.69. The Morgan fingerprint density at radius 3 is 2.92 bits per heavy atom. The summed E-state index contributed by atoms with van der Waals surface area (Å²) < 4.78 is 10.8. The maximum Gasteiger partial charge on any atom is 0.317 e. The highest BCUT2D eigenvalue weighted by atomic mass is 35.5. The van der Waals surface area contributed by atoms with E-state index in [1.165, 1.54) is 0 Å². The van der Waals surface area contributed by atoms with Gasteiger partial charge in [0.2, 0.25) is 11.7 Å². The van der Waals surface area contributed by atoms with E-state index in [1.807, 2.05) is 12.1 Å². The molecule has 1 saturated heterocycles. The van der Waals surface area contributed by atoms with Crippen molar-refractivity contribution in [2.75, 3.05) is 26.7 Å². The average molecular weight is 365 g/mol. The number of carbonyl (C=O) groups is 1. The summed E-state index contributed by atoms with van der Waals surface area (Å²) in [7, 11) is 1.77. The molecule has 1 N–H and O–H groups in total. The number of hydrogen-bond acceptors (Lipinski definition) is 5. The summed E-state index contributed by atoms with van der Waals surface area (Å²) in [5.74, 6) is 0.987. The third kappa shape index (κ3) is 4.93. The van der Waals surface area contributed by atoms with E-state index in [0.29, 0.717) is 36.2 Å². The van der Waals surface area contributed by atoms with E-state index in [1.54, 1.807) is 24.1 Å². The van der Waals surface area contributed by atoms with Crippen LogP contribution in [0.15, 0.2) is 28.8 Å². The van der Waals surface area contributed by atoms with E-state index in [2.05, 4.69) is 15.5 Å². The third-order valence-corrected chi connectivity index (χ3v) is 4.29. The fourth-order valence-corrected chi connectivity index (χ4v) is 2.79. The van der Waals surface area contributed by atoms with Crippen molar-refractivity contribution >= 4 is 17.6 Å². The van der Waals surface area contributed by atoms with Crippen molar-refractivity contribution in [3.05, 3.63) is 35.2 Å². The monoisotopic (exact) mass is 364 g/mol. The van der Waals surface area contributed by atoms with E-state index in [-0.39, 0.29) is 12.1 Å². The average Bonchev–Trinajstić information content (AvgIpc) is 3.27. The van der Waals surface area contributed by atoms with Crippen LogP contribution >= 0.6 is 11.6 Å². The van der Waals surface area contributed by atoms with Crippen LogP contribution in [0.5, 0.6) is 0 Å². The number of aromatic nitrogens is 2. The molecule has 0 radical (unpaired) electrons. The van der Waals surface area contributed by atoms with E-state index < -0.39 is 0 Å². The molecule has 1 atom stereocenters. The Balaban J connectivity index is 1.44. The summed E-state index contributed by atoms with van der Waals surface area (Å²) in [6.45, 7) is 1.82. The van der Waals surface area contributed by atoms with Crippen molar-refractivity contribution in [2.45, 2.75) is 25.4 Å². The first-order valence-electron chi connectivity index (χ1n) is 8.31. The maximum atomic E-state index is 12.1. The molecule has 0 saturated carbocycles. The number of rotatable bonds is 6. The molecule has 1 aliphatic heterocycles. The lowest BCUT2D eigenvalue weighted by Gasteiger charge is -2.21. The lowest BCUT2D eigenvalue weighted by Crippen LogP contribution is -2.41. The second kappa shape index (κ2) is 8.31. The fourth-order valence-electron chi connectivity index (χ4n) is 2.66. The van der Waals surface area contributed by atoms with Crippen molar-refractivity contribution in [3.8, 4) is 11.4 Å². The van der Waals surface area contributed by atoms with Gasteiger partial charge >= 0.3 is 6.03 Å². The van der Waals surface area contributed by atoms with Crippen LogP contribution in [0, 0.1) is 0 Å². The number of urea groups is 1. The molecule has 7 nitrogen and oxygen atoms in total. The van der Waals surface area contributed by atoms with E-state index in [4.69, 9.17) is 20.9 Å². The minimum atomic E-state index is -0.132. The second-order valence-corrected chi connectivity index (χ2v) is 6.45. The van der Waals surface area contributed by atoms with Gasteiger partial charge in [-0.25, -0.2) is 4.79 Å². The van der Waals surface area contributed by atoms with Gasteiger partial charge in [-0.1, -0.05) is 16.8 Å². The number of amides is 2. The van der Waals surface area contributed by atoms with Crippen LogP contribution in [0.2, 0.25) is 5.02 Å². The molecule has 134 valence electrons. The SMILES string of the molecule is CN(C[C@@H]1CCCO1)C(=O)NCCc1nc(-c2ccc(Cl)cc2)no1. The van der Waals surface area contributed by atoms with Crippen LogP contribution in [0.4, 0.5) is 4.79 Å². The van der Waals surface area contributed by atoms with Crippen LogP contribution in [0.25, 0.3) is 11.4 Å². The zero-order valence-corrected chi connectivity index (χ0v) is 14.8. The zero-order valence-electron chi connectivity index (χ0n) is 14.1. The molecular weight excluding hydrogens is 344 g/mol. The highest BCUT2D eigenvalue weighted by molar-refractivity contribution is 6.30. The molecule has 1 fully saturated rings. The first kappa shape index (κ1) is 17.7. The molecule has 2 aromatic rings. The molecule has 0 spiro atoms. The number of likely N-dealkylation sites (N-methyl/N-ethyl adjacent to an activating group) is 1. The van der Waals surface area contributed by atoms with Crippen molar-refractivity contribution in [3.63, 3.8) is 0 Å². The topological polar surface area (TPSA) is 80.5 Å². The van der Waals surface area contributed by atoms with Gasteiger partial charge in [-0.3, -0.25) is 0 Å². The quantitative estimate of drug-likeness (QED) is 0.852. The predicted octanol–water partition coefficient (Wildman–Crippen LogP) is 2.75. The first-order valence-corrected chi connectivity index (χ1v) is 8.68. The molecule has 1 aromatic heterocycles. The lowest BCUT2D eigenvalue weighted by molar-refractivity contribution is 0.0875. The molecule has 1 aromatic carbocycles. The summed E-state index contributed by atoms with van der Waals surface area (Å²) in [6, 6.07) is 7.08. The Kier molecular flexibility index (Phi) is 5.88. The smallest absolute Gasteiger partial charge is 0.317 e. The first-order chi connectivity index (χ1) is 12.1. The molecule has 2 heterocycles. The number of nitrogens with zero attached hydrogens (tertiary/aromatic N) is 3. The third-order valence-electron chi connectivity index (χ3n) is 4.03. The predicted molar refractivity (Wildman–Crippen MR) is 93.5 cm³/mol. The molecule has 2 amide bonds. The number of ether oxygens (including phenoxy) is 1. The Hall–Kier alpha value is -2.12. The zero-order chi connectivity index (χ0) is 17.6. The Morgan fingerprint density at radius 1 is 1.40 bits per heavy atom. The fraction of sp³-hybridized carbons (Fsp3) is 0.471. The molecular formula is C17H21ClN4O3. The summed E-state index contributed by atoms with van der Waals surface area (Å²) in [4.78, 5) is 18.0. The van der Waals surface area contributed by atoms with Crippen molar-refractivity contribution in [1.82, 2.24) is 20.4 Å². The van der Waals surface area contributed by atoms with Gasteiger partial charge in [0, 0.05) is 43.8 Å². The van der Waals surface area contributed by atoms with Crippen LogP contribution in [0.3, 0.4) is 0 Å².